The molecule has 0 spiro atoms. The largest absolute Gasteiger partial charge is 0.459 e. The minimum absolute atomic E-state index is 0.0842. The molecule has 0 saturated heterocycles. The summed E-state index contributed by atoms with van der Waals surface area (Å²) in [5.41, 5.74) is 5.26. The molecule has 0 saturated carbocycles. The molecule has 0 fully saturated rings. The smallest absolute Gasteiger partial charge is 0.338 e. The third kappa shape index (κ3) is 9.66. The van der Waals surface area contributed by atoms with E-state index in [1.54, 1.807) is 0 Å². The summed E-state index contributed by atoms with van der Waals surface area (Å²) in [7, 11) is 0. The monoisotopic (exact) mass is 542 g/mol. The molecule has 0 aliphatic carbocycles. The highest BCUT2D eigenvalue weighted by atomic mass is 16.5. The molecule has 3 rings (SSSR count). The first-order chi connectivity index (χ1) is 19.4. The summed E-state index contributed by atoms with van der Waals surface area (Å²) in [5, 5.41) is 0. The quantitative estimate of drug-likeness (QED) is 0.133. The van der Waals surface area contributed by atoms with Crippen molar-refractivity contribution >= 4 is 11.9 Å². The van der Waals surface area contributed by atoms with E-state index in [1.165, 1.54) is 38.5 Å². The zero-order valence-electron chi connectivity index (χ0n) is 24.8. The van der Waals surface area contributed by atoms with E-state index in [4.69, 9.17) is 9.47 Å². The van der Waals surface area contributed by atoms with Gasteiger partial charge < -0.3 is 9.47 Å². The zero-order chi connectivity index (χ0) is 28.7. The van der Waals surface area contributed by atoms with Crippen molar-refractivity contribution in [3.63, 3.8) is 0 Å². The lowest BCUT2D eigenvalue weighted by atomic mass is 9.93. The molecule has 214 valence electrons. The van der Waals surface area contributed by atoms with Gasteiger partial charge in [-0.15, -0.1) is 0 Å². The van der Waals surface area contributed by atoms with Crippen molar-refractivity contribution in [1.82, 2.24) is 0 Å². The Balaban J connectivity index is 1.64. The summed E-state index contributed by atoms with van der Waals surface area (Å²) >= 11 is 0. The average Bonchev–Trinajstić information content (AvgIpc) is 2.97. The second-order valence-corrected chi connectivity index (χ2v) is 10.8. The summed E-state index contributed by atoms with van der Waals surface area (Å²) in [4.78, 5) is 25.3. The Bertz CT molecular complexity index is 1090. The summed E-state index contributed by atoms with van der Waals surface area (Å²) in [5.74, 6) is -0.554. The van der Waals surface area contributed by atoms with E-state index in [9.17, 15) is 9.59 Å². The zero-order valence-corrected chi connectivity index (χ0v) is 24.8. The molecule has 3 aromatic rings. The lowest BCUT2D eigenvalue weighted by Crippen LogP contribution is -2.15. The van der Waals surface area contributed by atoms with Gasteiger partial charge in [-0.3, -0.25) is 0 Å². The minimum atomic E-state index is -0.277. The molecule has 4 nitrogen and oxygen atoms in total. The third-order valence-corrected chi connectivity index (χ3v) is 7.34. The molecule has 2 atom stereocenters. The van der Waals surface area contributed by atoms with Crippen molar-refractivity contribution in [3.8, 4) is 22.3 Å². The van der Waals surface area contributed by atoms with Crippen LogP contribution in [0.5, 0.6) is 0 Å². The maximum absolute atomic E-state index is 12.7. The van der Waals surface area contributed by atoms with Gasteiger partial charge in [0.25, 0.3) is 0 Å². The first-order valence-electron chi connectivity index (χ1n) is 15.1. The van der Waals surface area contributed by atoms with Crippen LogP contribution in [0.1, 0.15) is 113 Å². The van der Waals surface area contributed by atoms with Crippen molar-refractivity contribution < 1.29 is 19.1 Å². The summed E-state index contributed by atoms with van der Waals surface area (Å²) < 4.78 is 11.3. The van der Waals surface area contributed by atoms with Crippen molar-refractivity contribution in [1.29, 1.82) is 0 Å². The summed E-state index contributed by atoms with van der Waals surface area (Å²) in [6.07, 6.45) is 11.0. The number of unbranched alkanes of at least 4 members (excludes halogenated alkanes) is 6. The highest BCUT2D eigenvalue weighted by Crippen LogP contribution is 2.32. The van der Waals surface area contributed by atoms with Gasteiger partial charge in [-0.1, -0.05) is 101 Å². The Kier molecular flexibility index (Phi) is 13.0. The predicted octanol–water partition coefficient (Wildman–Crippen LogP) is 10.1. The second kappa shape index (κ2) is 16.6. The van der Waals surface area contributed by atoms with Crippen LogP contribution < -0.4 is 0 Å². The fourth-order valence-corrected chi connectivity index (χ4v) is 4.89. The molecule has 0 radical (unpaired) electrons. The molecule has 4 heteroatoms. The standard InChI is InChI=1S/C36H46O4/c1-5-7-9-11-15-27(3)39-35(37)31-23-19-29(20-24-31)33-17-13-14-18-34(33)30-21-25-32(26-22-30)36(38)40-28(4)16-12-10-8-6-2/h13-14,17-28H,5-12,15-16H2,1-4H3. The van der Waals surface area contributed by atoms with E-state index < -0.39 is 0 Å². The number of hydrogen-bond donors (Lipinski definition) is 0. The Morgan fingerprint density at radius 2 is 0.925 bits per heavy atom. The number of esters is 2. The summed E-state index contributed by atoms with van der Waals surface area (Å²) in [6.45, 7) is 8.32. The third-order valence-electron chi connectivity index (χ3n) is 7.34. The topological polar surface area (TPSA) is 52.6 Å². The van der Waals surface area contributed by atoms with Gasteiger partial charge in [0.05, 0.1) is 23.3 Å². The van der Waals surface area contributed by atoms with Crippen LogP contribution in [0.4, 0.5) is 0 Å². The molecule has 0 heterocycles. The number of benzene rings is 3. The molecule has 0 aliphatic heterocycles. The van der Waals surface area contributed by atoms with Gasteiger partial charge in [0.15, 0.2) is 0 Å². The second-order valence-electron chi connectivity index (χ2n) is 10.8. The molecule has 0 aliphatic rings. The fraction of sp³-hybridized carbons (Fsp3) is 0.444. The number of carbonyl (C=O) groups excluding carboxylic acids is 2. The van der Waals surface area contributed by atoms with Crippen LogP contribution in [-0.4, -0.2) is 24.1 Å². The average molecular weight is 543 g/mol. The predicted molar refractivity (Wildman–Crippen MR) is 165 cm³/mol. The van der Waals surface area contributed by atoms with Gasteiger partial charge in [0.1, 0.15) is 0 Å². The van der Waals surface area contributed by atoms with Gasteiger partial charge in [-0.2, -0.15) is 0 Å². The molecular weight excluding hydrogens is 496 g/mol. The maximum atomic E-state index is 12.7. The molecular formula is C36H46O4. The van der Waals surface area contributed by atoms with Gasteiger partial charge in [0, 0.05) is 0 Å². The molecule has 0 N–H and O–H groups in total. The van der Waals surface area contributed by atoms with E-state index in [1.807, 2.05) is 74.5 Å². The molecule has 0 bridgehead atoms. The van der Waals surface area contributed by atoms with Gasteiger partial charge in [-0.25, -0.2) is 9.59 Å². The lowest BCUT2D eigenvalue weighted by molar-refractivity contribution is 0.0309. The van der Waals surface area contributed by atoms with E-state index in [0.717, 1.165) is 47.9 Å². The van der Waals surface area contributed by atoms with E-state index in [-0.39, 0.29) is 24.1 Å². The van der Waals surface area contributed by atoms with Crippen LogP contribution in [0.15, 0.2) is 72.8 Å². The number of ether oxygens (including phenoxy) is 2. The van der Waals surface area contributed by atoms with Crippen LogP contribution in [-0.2, 0) is 9.47 Å². The van der Waals surface area contributed by atoms with Crippen LogP contribution in [0.2, 0.25) is 0 Å². The van der Waals surface area contributed by atoms with Crippen LogP contribution >= 0.6 is 0 Å². The first-order valence-corrected chi connectivity index (χ1v) is 15.1. The van der Waals surface area contributed by atoms with Gasteiger partial charge in [-0.05, 0) is 86.1 Å². The van der Waals surface area contributed by atoms with Crippen LogP contribution in [0.3, 0.4) is 0 Å². The molecule has 0 amide bonds. The molecule has 40 heavy (non-hydrogen) atoms. The molecule has 2 unspecified atom stereocenters. The van der Waals surface area contributed by atoms with Gasteiger partial charge >= 0.3 is 11.9 Å². The van der Waals surface area contributed by atoms with E-state index in [0.29, 0.717) is 11.1 Å². The lowest BCUT2D eigenvalue weighted by Gasteiger charge is -2.15. The Morgan fingerprint density at radius 3 is 1.27 bits per heavy atom. The number of hydrogen-bond acceptors (Lipinski definition) is 4. The van der Waals surface area contributed by atoms with E-state index >= 15 is 0 Å². The fourth-order valence-electron chi connectivity index (χ4n) is 4.89. The summed E-state index contributed by atoms with van der Waals surface area (Å²) in [6, 6.07) is 23.4. The van der Waals surface area contributed by atoms with Crippen molar-refractivity contribution in [3.05, 3.63) is 83.9 Å². The Morgan fingerprint density at radius 1 is 0.550 bits per heavy atom. The molecule has 3 aromatic carbocycles. The Labute approximate surface area is 241 Å². The van der Waals surface area contributed by atoms with E-state index in [2.05, 4.69) is 26.0 Å². The van der Waals surface area contributed by atoms with Gasteiger partial charge in [0.2, 0.25) is 0 Å². The van der Waals surface area contributed by atoms with Crippen molar-refractivity contribution in [2.24, 2.45) is 0 Å². The number of rotatable bonds is 16. The van der Waals surface area contributed by atoms with Crippen molar-refractivity contribution in [2.75, 3.05) is 0 Å². The minimum Gasteiger partial charge on any atom is -0.459 e. The highest BCUT2D eigenvalue weighted by molar-refractivity contribution is 5.92. The SMILES string of the molecule is CCCCCCC(C)OC(=O)c1ccc(-c2ccccc2-c2ccc(C(=O)OC(C)CCCCCC)cc2)cc1. The Hall–Kier alpha value is -3.40. The van der Waals surface area contributed by atoms with Crippen LogP contribution in [0, 0.1) is 0 Å². The first kappa shape index (κ1) is 31.1. The van der Waals surface area contributed by atoms with Crippen molar-refractivity contribution in [2.45, 2.75) is 104 Å². The highest BCUT2D eigenvalue weighted by Gasteiger charge is 2.15. The van der Waals surface area contributed by atoms with Crippen LogP contribution in [0.25, 0.3) is 22.3 Å². The normalized spacial score (nSPS) is 12.5. The maximum Gasteiger partial charge on any atom is 0.338 e. The number of carbonyl (C=O) groups is 2. The molecule has 0 aromatic heterocycles.